The molecule has 0 heterocycles. The molecule has 0 aromatic rings. The normalized spacial score (nSPS) is 12.0. The third kappa shape index (κ3) is 3.08. The molecular formula is C10H14. The van der Waals surface area contributed by atoms with E-state index in [2.05, 4.69) is 13.2 Å². The lowest BCUT2D eigenvalue weighted by molar-refractivity contribution is 1.46. The summed E-state index contributed by atoms with van der Waals surface area (Å²) in [6, 6.07) is 0. The summed E-state index contributed by atoms with van der Waals surface area (Å²) in [7, 11) is 0. The molecule has 0 nitrogen and oxygen atoms in total. The lowest BCUT2D eigenvalue weighted by atomic mass is 10.1. The second-order valence-electron chi connectivity index (χ2n) is 2.13. The van der Waals surface area contributed by atoms with E-state index in [9.17, 15) is 0 Å². The van der Waals surface area contributed by atoms with E-state index in [-0.39, 0.29) is 0 Å². The Balaban J connectivity index is 4.33. The maximum Gasteiger partial charge on any atom is -0.0239 e. The summed E-state index contributed by atoms with van der Waals surface area (Å²) in [5.74, 6) is 0. The van der Waals surface area contributed by atoms with Crippen molar-refractivity contribution in [2.24, 2.45) is 0 Å². The molecule has 0 aromatic heterocycles. The van der Waals surface area contributed by atoms with Gasteiger partial charge in [0.25, 0.3) is 0 Å². The number of rotatable bonds is 3. The van der Waals surface area contributed by atoms with E-state index in [0.29, 0.717) is 0 Å². The van der Waals surface area contributed by atoms with Gasteiger partial charge < -0.3 is 0 Å². The van der Waals surface area contributed by atoms with E-state index in [1.54, 1.807) is 0 Å². The molecule has 0 aromatic carbocycles. The Bertz CT molecular complexity index is 180. The molecule has 54 valence electrons. The van der Waals surface area contributed by atoms with Gasteiger partial charge in [-0.05, 0) is 19.4 Å². The summed E-state index contributed by atoms with van der Waals surface area (Å²) < 4.78 is 0. The van der Waals surface area contributed by atoms with Gasteiger partial charge >= 0.3 is 0 Å². The van der Waals surface area contributed by atoms with Crippen LogP contribution in [0.2, 0.25) is 0 Å². The van der Waals surface area contributed by atoms with Crippen LogP contribution in [0, 0.1) is 0 Å². The summed E-state index contributed by atoms with van der Waals surface area (Å²) in [6.45, 7) is 11.4. The van der Waals surface area contributed by atoms with Crippen LogP contribution < -0.4 is 0 Å². The van der Waals surface area contributed by atoms with Gasteiger partial charge in [0.15, 0.2) is 0 Å². The SMILES string of the molecule is C=CC(=CC=CC)C(=C)C. The van der Waals surface area contributed by atoms with Gasteiger partial charge in [-0.2, -0.15) is 0 Å². The van der Waals surface area contributed by atoms with Crippen LogP contribution in [0.3, 0.4) is 0 Å². The van der Waals surface area contributed by atoms with Crippen molar-refractivity contribution in [3.8, 4) is 0 Å². The molecule has 0 aliphatic rings. The van der Waals surface area contributed by atoms with Crippen LogP contribution in [0.25, 0.3) is 0 Å². The Morgan fingerprint density at radius 1 is 1.40 bits per heavy atom. The van der Waals surface area contributed by atoms with Crippen molar-refractivity contribution < 1.29 is 0 Å². The molecule has 0 spiro atoms. The number of hydrogen-bond donors (Lipinski definition) is 0. The largest absolute Gasteiger partial charge is 0.0985 e. The molecule has 0 amide bonds. The van der Waals surface area contributed by atoms with Crippen molar-refractivity contribution in [2.45, 2.75) is 13.8 Å². The molecule has 0 rings (SSSR count). The van der Waals surface area contributed by atoms with Crippen molar-refractivity contribution in [1.29, 1.82) is 0 Å². The maximum absolute atomic E-state index is 3.81. The van der Waals surface area contributed by atoms with Gasteiger partial charge in [0.05, 0.1) is 0 Å². The van der Waals surface area contributed by atoms with Gasteiger partial charge in [-0.15, -0.1) is 0 Å². The first-order valence-electron chi connectivity index (χ1n) is 3.33. The van der Waals surface area contributed by atoms with E-state index in [4.69, 9.17) is 0 Å². The Hall–Kier alpha value is -1.04. The lowest BCUT2D eigenvalue weighted by Gasteiger charge is -1.95. The monoisotopic (exact) mass is 134 g/mol. The molecule has 0 N–H and O–H groups in total. The Kier molecular flexibility index (Phi) is 4.30. The van der Waals surface area contributed by atoms with Crippen LogP contribution in [0.1, 0.15) is 13.8 Å². The van der Waals surface area contributed by atoms with Crippen molar-refractivity contribution >= 4 is 0 Å². The van der Waals surface area contributed by atoms with Gasteiger partial charge in [-0.1, -0.05) is 43.0 Å². The topological polar surface area (TPSA) is 0 Å². The standard InChI is InChI=1S/C10H14/c1-5-7-8-10(6-2)9(3)4/h5-8H,2-3H2,1,4H3. The maximum atomic E-state index is 3.81. The molecule has 0 unspecified atom stereocenters. The van der Waals surface area contributed by atoms with E-state index in [1.807, 2.05) is 38.2 Å². The van der Waals surface area contributed by atoms with E-state index >= 15 is 0 Å². The van der Waals surface area contributed by atoms with Gasteiger partial charge in [0.2, 0.25) is 0 Å². The van der Waals surface area contributed by atoms with Crippen molar-refractivity contribution in [3.05, 3.63) is 48.6 Å². The summed E-state index contributed by atoms with van der Waals surface area (Å²) in [5, 5.41) is 0. The van der Waals surface area contributed by atoms with Crippen LogP contribution in [0.4, 0.5) is 0 Å². The molecule has 0 heteroatoms. The second-order valence-corrected chi connectivity index (χ2v) is 2.13. The lowest BCUT2D eigenvalue weighted by Crippen LogP contribution is -1.75. The zero-order chi connectivity index (χ0) is 7.98. The van der Waals surface area contributed by atoms with E-state index in [0.717, 1.165) is 11.1 Å². The third-order valence-corrected chi connectivity index (χ3v) is 1.18. The summed E-state index contributed by atoms with van der Waals surface area (Å²) in [6.07, 6.45) is 7.76. The fourth-order valence-electron chi connectivity index (χ4n) is 0.584. The fourth-order valence-corrected chi connectivity index (χ4v) is 0.584. The number of hydrogen-bond acceptors (Lipinski definition) is 0. The summed E-state index contributed by atoms with van der Waals surface area (Å²) in [5.41, 5.74) is 2.14. The van der Waals surface area contributed by atoms with Crippen LogP contribution in [0.15, 0.2) is 48.6 Å². The van der Waals surface area contributed by atoms with Crippen molar-refractivity contribution in [1.82, 2.24) is 0 Å². The molecule has 0 atom stereocenters. The van der Waals surface area contributed by atoms with Gasteiger partial charge in [-0.25, -0.2) is 0 Å². The van der Waals surface area contributed by atoms with Crippen molar-refractivity contribution in [3.63, 3.8) is 0 Å². The minimum absolute atomic E-state index is 1.05. The van der Waals surface area contributed by atoms with Gasteiger partial charge in [-0.3, -0.25) is 0 Å². The highest BCUT2D eigenvalue weighted by atomic mass is 13.9. The first kappa shape index (κ1) is 8.96. The average Bonchev–Trinajstić information content (AvgIpc) is 1.89. The zero-order valence-corrected chi connectivity index (χ0v) is 6.72. The van der Waals surface area contributed by atoms with Crippen molar-refractivity contribution in [2.75, 3.05) is 0 Å². The quantitative estimate of drug-likeness (QED) is 0.520. The minimum atomic E-state index is 1.05. The number of allylic oxidation sites excluding steroid dienone is 6. The first-order valence-corrected chi connectivity index (χ1v) is 3.33. The first-order chi connectivity index (χ1) is 4.72. The van der Waals surface area contributed by atoms with E-state index < -0.39 is 0 Å². The second kappa shape index (κ2) is 4.80. The summed E-state index contributed by atoms with van der Waals surface area (Å²) >= 11 is 0. The Morgan fingerprint density at radius 3 is 2.30 bits per heavy atom. The highest BCUT2D eigenvalue weighted by Crippen LogP contribution is 2.06. The van der Waals surface area contributed by atoms with E-state index in [1.165, 1.54) is 0 Å². The molecule has 0 fully saturated rings. The molecule has 0 aliphatic heterocycles. The molecular weight excluding hydrogens is 120 g/mol. The van der Waals surface area contributed by atoms with Crippen LogP contribution in [-0.2, 0) is 0 Å². The predicted octanol–water partition coefficient (Wildman–Crippen LogP) is 3.25. The average molecular weight is 134 g/mol. The molecule has 0 aliphatic carbocycles. The van der Waals surface area contributed by atoms with Crippen LogP contribution >= 0.6 is 0 Å². The molecule has 0 bridgehead atoms. The molecule has 0 radical (unpaired) electrons. The fraction of sp³-hybridized carbons (Fsp3) is 0.200. The third-order valence-electron chi connectivity index (χ3n) is 1.18. The highest BCUT2D eigenvalue weighted by molar-refractivity contribution is 5.37. The molecule has 0 saturated carbocycles. The Labute approximate surface area is 63.3 Å². The Morgan fingerprint density at radius 2 is 2.00 bits per heavy atom. The highest BCUT2D eigenvalue weighted by Gasteiger charge is 1.86. The smallest absolute Gasteiger partial charge is 0.0239 e. The van der Waals surface area contributed by atoms with Gasteiger partial charge in [0.1, 0.15) is 0 Å². The minimum Gasteiger partial charge on any atom is -0.0985 e. The molecule has 10 heavy (non-hydrogen) atoms. The van der Waals surface area contributed by atoms with Crippen LogP contribution in [-0.4, -0.2) is 0 Å². The van der Waals surface area contributed by atoms with Gasteiger partial charge in [0, 0.05) is 0 Å². The molecule has 0 saturated heterocycles. The van der Waals surface area contributed by atoms with Crippen LogP contribution in [0.5, 0.6) is 0 Å². The summed E-state index contributed by atoms with van der Waals surface area (Å²) in [4.78, 5) is 0. The zero-order valence-electron chi connectivity index (χ0n) is 6.72. The predicted molar refractivity (Wildman–Crippen MR) is 47.9 cm³/mol.